The van der Waals surface area contributed by atoms with E-state index < -0.39 is 0 Å². The summed E-state index contributed by atoms with van der Waals surface area (Å²) in [7, 11) is 1.76. The van der Waals surface area contributed by atoms with Gasteiger partial charge in [-0.1, -0.05) is 19.1 Å². The van der Waals surface area contributed by atoms with Crippen molar-refractivity contribution in [2.45, 2.75) is 19.4 Å². The van der Waals surface area contributed by atoms with Crippen LogP contribution in [0.5, 0.6) is 0 Å². The normalized spacial score (nSPS) is 12.7. The lowest BCUT2D eigenvalue weighted by Gasteiger charge is -2.15. The van der Waals surface area contributed by atoms with Gasteiger partial charge in [0.15, 0.2) is 5.82 Å². The van der Waals surface area contributed by atoms with E-state index >= 15 is 0 Å². The second kappa shape index (κ2) is 5.92. The van der Waals surface area contributed by atoms with Gasteiger partial charge in [-0.25, -0.2) is 4.98 Å². The molecule has 3 aromatic rings. The summed E-state index contributed by atoms with van der Waals surface area (Å²) in [4.78, 5) is 10.6. The number of aromatic nitrogens is 6. The molecule has 21 heavy (non-hydrogen) atoms. The molecule has 0 saturated heterocycles. The third-order valence-corrected chi connectivity index (χ3v) is 3.21. The van der Waals surface area contributed by atoms with Crippen molar-refractivity contribution in [3.05, 3.63) is 42.0 Å². The molecule has 0 saturated carbocycles. The third kappa shape index (κ3) is 3.03. The highest BCUT2D eigenvalue weighted by Gasteiger charge is 2.16. The highest BCUT2D eigenvalue weighted by Crippen LogP contribution is 2.17. The first-order chi connectivity index (χ1) is 10.3. The Kier molecular flexibility index (Phi) is 3.83. The molecule has 1 atom stereocenters. The van der Waals surface area contributed by atoms with E-state index in [0.29, 0.717) is 12.2 Å². The van der Waals surface area contributed by atoms with Gasteiger partial charge < -0.3 is 5.32 Å². The number of nitrogens with zero attached hydrogens (tertiary/aromatic N) is 6. The molecule has 0 amide bonds. The summed E-state index contributed by atoms with van der Waals surface area (Å²) < 4.78 is 0. The zero-order valence-corrected chi connectivity index (χ0v) is 12.1. The Morgan fingerprint density at radius 1 is 1.24 bits per heavy atom. The highest BCUT2D eigenvalue weighted by atomic mass is 15.6. The molecule has 1 aromatic carbocycles. The molecule has 108 valence electrons. The first kappa shape index (κ1) is 13.6. The van der Waals surface area contributed by atoms with Crippen LogP contribution in [0.1, 0.15) is 24.5 Å². The zero-order valence-electron chi connectivity index (χ0n) is 12.1. The summed E-state index contributed by atoms with van der Waals surface area (Å²) >= 11 is 0. The highest BCUT2D eigenvalue weighted by molar-refractivity contribution is 5.73. The van der Waals surface area contributed by atoms with E-state index in [9.17, 15) is 0 Å². The molecule has 0 radical (unpaired) electrons. The maximum Gasteiger partial charge on any atom is 0.176 e. The molecule has 2 aromatic heterocycles. The van der Waals surface area contributed by atoms with Crippen LogP contribution >= 0.6 is 0 Å². The van der Waals surface area contributed by atoms with Crippen molar-refractivity contribution in [2.24, 2.45) is 7.05 Å². The Hall–Kier alpha value is -2.41. The van der Waals surface area contributed by atoms with E-state index in [1.807, 2.05) is 30.5 Å². The predicted molar refractivity (Wildman–Crippen MR) is 78.5 cm³/mol. The van der Waals surface area contributed by atoms with Crippen LogP contribution in [-0.4, -0.2) is 36.7 Å². The van der Waals surface area contributed by atoms with Gasteiger partial charge in [-0.15, -0.1) is 10.2 Å². The Morgan fingerprint density at radius 2 is 2.05 bits per heavy atom. The number of nitrogens with one attached hydrogen (secondary N) is 1. The van der Waals surface area contributed by atoms with Crippen LogP contribution in [0.15, 0.2) is 30.5 Å². The van der Waals surface area contributed by atoms with Gasteiger partial charge in [0.25, 0.3) is 0 Å². The summed E-state index contributed by atoms with van der Waals surface area (Å²) in [6.45, 7) is 2.89. The average Bonchev–Trinajstić information content (AvgIpc) is 2.91. The number of hydrogen-bond donors (Lipinski definition) is 1. The molecule has 3 rings (SSSR count). The van der Waals surface area contributed by atoms with Crippen LogP contribution in [0.25, 0.3) is 11.0 Å². The standard InChI is InChI=1S/C14H17N7/c1-3-15-12(8-14-18-20-21(2)19-14)13-9-16-10-6-4-5-7-11(10)17-13/h4-7,9,12,15H,3,8H2,1-2H3. The van der Waals surface area contributed by atoms with Crippen LogP contribution in [0.4, 0.5) is 0 Å². The number of aryl methyl sites for hydroxylation is 1. The molecule has 0 aliphatic rings. The lowest BCUT2D eigenvalue weighted by Crippen LogP contribution is -2.24. The number of para-hydroxylation sites is 2. The van der Waals surface area contributed by atoms with Gasteiger partial charge in [0.05, 0.1) is 36.0 Å². The predicted octanol–water partition coefficient (Wildman–Crippen LogP) is 1.05. The summed E-state index contributed by atoms with van der Waals surface area (Å²) in [5.41, 5.74) is 2.68. The van der Waals surface area contributed by atoms with E-state index in [4.69, 9.17) is 0 Å². The molecule has 0 fully saturated rings. The first-order valence-corrected chi connectivity index (χ1v) is 6.94. The Balaban J connectivity index is 1.90. The van der Waals surface area contributed by atoms with Crippen LogP contribution in [0.3, 0.4) is 0 Å². The lowest BCUT2D eigenvalue weighted by atomic mass is 10.1. The molecule has 1 unspecified atom stereocenters. The van der Waals surface area contributed by atoms with E-state index in [0.717, 1.165) is 23.3 Å². The van der Waals surface area contributed by atoms with Crippen LogP contribution in [0.2, 0.25) is 0 Å². The van der Waals surface area contributed by atoms with Crippen LogP contribution < -0.4 is 5.32 Å². The van der Waals surface area contributed by atoms with Gasteiger partial charge >= 0.3 is 0 Å². The van der Waals surface area contributed by atoms with E-state index in [1.165, 1.54) is 4.80 Å². The van der Waals surface area contributed by atoms with Crippen molar-refractivity contribution in [2.75, 3.05) is 6.54 Å². The monoisotopic (exact) mass is 283 g/mol. The largest absolute Gasteiger partial charge is 0.308 e. The Morgan fingerprint density at radius 3 is 2.76 bits per heavy atom. The number of fused-ring (bicyclic) bond motifs is 1. The second-order valence-corrected chi connectivity index (χ2v) is 4.79. The molecule has 7 nitrogen and oxygen atoms in total. The molecule has 2 heterocycles. The number of likely N-dealkylation sites (N-methyl/N-ethyl adjacent to an activating group) is 1. The zero-order chi connectivity index (χ0) is 14.7. The Labute approximate surface area is 122 Å². The summed E-state index contributed by atoms with van der Waals surface area (Å²) in [5, 5.41) is 15.5. The molecule has 0 bridgehead atoms. The smallest absolute Gasteiger partial charge is 0.176 e. The van der Waals surface area contributed by atoms with Crippen molar-refractivity contribution >= 4 is 11.0 Å². The van der Waals surface area contributed by atoms with Gasteiger partial charge in [-0.2, -0.15) is 4.80 Å². The van der Waals surface area contributed by atoms with Gasteiger partial charge in [-0.05, 0) is 23.9 Å². The molecule has 7 heteroatoms. The second-order valence-electron chi connectivity index (χ2n) is 4.79. The fourth-order valence-electron chi connectivity index (χ4n) is 2.25. The molecule has 1 N–H and O–H groups in total. The first-order valence-electron chi connectivity index (χ1n) is 6.94. The SMILES string of the molecule is CCNC(Cc1nnn(C)n1)c1cnc2ccccc2n1. The topological polar surface area (TPSA) is 81.4 Å². The van der Waals surface area contributed by atoms with E-state index in [-0.39, 0.29) is 6.04 Å². The van der Waals surface area contributed by atoms with Crippen molar-refractivity contribution in [3.63, 3.8) is 0 Å². The fourth-order valence-corrected chi connectivity index (χ4v) is 2.25. The number of hydrogen-bond acceptors (Lipinski definition) is 6. The van der Waals surface area contributed by atoms with Gasteiger partial charge in [0, 0.05) is 6.42 Å². The minimum absolute atomic E-state index is 0.0244. The molecule has 0 aliphatic carbocycles. The minimum atomic E-state index is 0.0244. The molecular formula is C14H17N7. The summed E-state index contributed by atoms with van der Waals surface area (Å²) in [5.74, 6) is 0.693. The maximum atomic E-state index is 4.69. The average molecular weight is 283 g/mol. The van der Waals surface area contributed by atoms with Gasteiger partial charge in [-0.3, -0.25) is 4.98 Å². The molecule has 0 aliphatic heterocycles. The quantitative estimate of drug-likeness (QED) is 0.753. The minimum Gasteiger partial charge on any atom is -0.308 e. The maximum absolute atomic E-state index is 4.69. The number of benzene rings is 1. The molecule has 0 spiro atoms. The van der Waals surface area contributed by atoms with Crippen LogP contribution in [0, 0.1) is 0 Å². The van der Waals surface area contributed by atoms with Crippen molar-refractivity contribution in [1.82, 2.24) is 35.5 Å². The third-order valence-electron chi connectivity index (χ3n) is 3.21. The number of tetrazole rings is 1. The van der Waals surface area contributed by atoms with E-state index in [2.05, 4.69) is 37.6 Å². The van der Waals surface area contributed by atoms with Crippen molar-refractivity contribution in [3.8, 4) is 0 Å². The fraction of sp³-hybridized carbons (Fsp3) is 0.357. The summed E-state index contributed by atoms with van der Waals surface area (Å²) in [6.07, 6.45) is 2.45. The summed E-state index contributed by atoms with van der Waals surface area (Å²) in [6, 6.07) is 7.87. The van der Waals surface area contributed by atoms with Gasteiger partial charge in [0.2, 0.25) is 0 Å². The van der Waals surface area contributed by atoms with Crippen molar-refractivity contribution < 1.29 is 0 Å². The van der Waals surface area contributed by atoms with E-state index in [1.54, 1.807) is 7.05 Å². The number of rotatable bonds is 5. The van der Waals surface area contributed by atoms with Gasteiger partial charge in [0.1, 0.15) is 0 Å². The molecular weight excluding hydrogens is 266 g/mol. The van der Waals surface area contributed by atoms with Crippen molar-refractivity contribution in [1.29, 1.82) is 0 Å². The lowest BCUT2D eigenvalue weighted by molar-refractivity contribution is 0.522. The van der Waals surface area contributed by atoms with Crippen LogP contribution in [-0.2, 0) is 13.5 Å². The Bertz CT molecular complexity index is 737.